The molecule has 1 rings (SSSR count). The predicted molar refractivity (Wildman–Crippen MR) is 51.4 cm³/mol. The second-order valence-corrected chi connectivity index (χ2v) is 3.47. The number of aromatic nitrogens is 1. The standard InChI is InChI=1S/C8H5F2IN2/c1-4-2-5(7(9)10)6(3-12)13-8(4)11/h2,7H,1H3. The number of alkyl halides is 2. The van der Waals surface area contributed by atoms with Gasteiger partial charge in [0.25, 0.3) is 6.43 Å². The van der Waals surface area contributed by atoms with Crippen LogP contribution in [0, 0.1) is 22.0 Å². The molecule has 0 N–H and O–H groups in total. The fourth-order valence-corrected chi connectivity index (χ4v) is 1.26. The molecule has 0 aliphatic carbocycles. The highest BCUT2D eigenvalue weighted by atomic mass is 127. The molecule has 68 valence electrons. The minimum Gasteiger partial charge on any atom is -0.230 e. The van der Waals surface area contributed by atoms with Crippen molar-refractivity contribution in [2.24, 2.45) is 0 Å². The van der Waals surface area contributed by atoms with Gasteiger partial charge in [0.2, 0.25) is 0 Å². The third-order valence-corrected chi connectivity index (χ3v) is 2.61. The highest BCUT2D eigenvalue weighted by Gasteiger charge is 2.15. The van der Waals surface area contributed by atoms with Crippen molar-refractivity contribution < 1.29 is 8.78 Å². The van der Waals surface area contributed by atoms with Crippen LogP contribution in [0.25, 0.3) is 0 Å². The molecule has 13 heavy (non-hydrogen) atoms. The number of hydrogen-bond acceptors (Lipinski definition) is 2. The molecule has 0 amide bonds. The molecule has 0 aromatic carbocycles. The summed E-state index contributed by atoms with van der Waals surface area (Å²) in [7, 11) is 0. The second kappa shape index (κ2) is 3.96. The van der Waals surface area contributed by atoms with Gasteiger partial charge in [-0.05, 0) is 41.1 Å². The van der Waals surface area contributed by atoms with Crippen LogP contribution in [-0.2, 0) is 0 Å². The molecule has 0 saturated carbocycles. The van der Waals surface area contributed by atoms with Gasteiger partial charge in [-0.3, -0.25) is 0 Å². The van der Waals surface area contributed by atoms with Crippen LogP contribution in [0.15, 0.2) is 6.07 Å². The number of nitriles is 1. The first-order valence-corrected chi connectivity index (χ1v) is 4.49. The third kappa shape index (κ3) is 2.12. The summed E-state index contributed by atoms with van der Waals surface area (Å²) in [6.07, 6.45) is -2.64. The first-order chi connectivity index (χ1) is 6.06. The summed E-state index contributed by atoms with van der Waals surface area (Å²) < 4.78 is 25.2. The van der Waals surface area contributed by atoms with E-state index < -0.39 is 6.43 Å². The van der Waals surface area contributed by atoms with Gasteiger partial charge in [0.1, 0.15) is 9.77 Å². The molecule has 1 aromatic heterocycles. The van der Waals surface area contributed by atoms with E-state index in [9.17, 15) is 8.78 Å². The van der Waals surface area contributed by atoms with Crippen LogP contribution in [0.3, 0.4) is 0 Å². The second-order valence-electron chi connectivity index (χ2n) is 2.45. The van der Waals surface area contributed by atoms with Crippen molar-refractivity contribution in [1.29, 1.82) is 5.26 Å². The van der Waals surface area contributed by atoms with E-state index in [-0.39, 0.29) is 11.3 Å². The Balaban J connectivity index is 3.35. The Morgan fingerprint density at radius 1 is 1.62 bits per heavy atom. The zero-order valence-corrected chi connectivity index (χ0v) is 8.84. The van der Waals surface area contributed by atoms with Crippen molar-refractivity contribution in [3.63, 3.8) is 0 Å². The van der Waals surface area contributed by atoms with E-state index >= 15 is 0 Å². The van der Waals surface area contributed by atoms with Crippen LogP contribution in [-0.4, -0.2) is 4.98 Å². The molecule has 2 nitrogen and oxygen atoms in total. The van der Waals surface area contributed by atoms with Crippen molar-refractivity contribution in [3.05, 3.63) is 26.6 Å². The normalized spacial score (nSPS) is 10.2. The Hall–Kier alpha value is -0.770. The average Bonchev–Trinajstić information content (AvgIpc) is 2.08. The number of aryl methyl sites for hydroxylation is 1. The minimum atomic E-state index is -2.64. The van der Waals surface area contributed by atoms with Crippen LogP contribution in [0.1, 0.15) is 23.2 Å². The zero-order chi connectivity index (χ0) is 10.0. The highest BCUT2D eigenvalue weighted by molar-refractivity contribution is 14.1. The number of nitrogens with zero attached hydrogens (tertiary/aromatic N) is 2. The SMILES string of the molecule is Cc1cc(C(F)F)c(C#N)nc1I. The van der Waals surface area contributed by atoms with Crippen molar-refractivity contribution in [2.75, 3.05) is 0 Å². The topological polar surface area (TPSA) is 36.7 Å². The van der Waals surface area contributed by atoms with E-state index in [1.165, 1.54) is 6.07 Å². The van der Waals surface area contributed by atoms with Gasteiger partial charge in [-0.15, -0.1) is 0 Å². The number of pyridine rings is 1. The molecule has 5 heteroatoms. The number of hydrogen-bond donors (Lipinski definition) is 0. The van der Waals surface area contributed by atoms with Crippen molar-refractivity contribution in [2.45, 2.75) is 13.3 Å². The average molecular weight is 294 g/mol. The van der Waals surface area contributed by atoms with Gasteiger partial charge in [0.05, 0.1) is 5.56 Å². The molecule has 0 bridgehead atoms. The summed E-state index contributed by atoms with van der Waals surface area (Å²) in [6, 6.07) is 2.95. The lowest BCUT2D eigenvalue weighted by Crippen LogP contribution is -1.98. The lowest BCUT2D eigenvalue weighted by molar-refractivity contribution is 0.150. The monoisotopic (exact) mass is 294 g/mol. The van der Waals surface area contributed by atoms with Crippen LogP contribution < -0.4 is 0 Å². The van der Waals surface area contributed by atoms with E-state index in [1.54, 1.807) is 13.0 Å². The smallest absolute Gasteiger partial charge is 0.230 e. The van der Waals surface area contributed by atoms with E-state index in [2.05, 4.69) is 4.98 Å². The molecule has 0 aliphatic heterocycles. The Morgan fingerprint density at radius 2 is 2.23 bits per heavy atom. The molecule has 0 spiro atoms. The van der Waals surface area contributed by atoms with Crippen molar-refractivity contribution in [3.8, 4) is 6.07 Å². The maximum atomic E-state index is 12.3. The summed E-state index contributed by atoms with van der Waals surface area (Å²) in [6.45, 7) is 1.68. The molecule has 0 aliphatic rings. The van der Waals surface area contributed by atoms with Gasteiger partial charge >= 0.3 is 0 Å². The predicted octanol–water partition coefficient (Wildman–Crippen LogP) is 2.80. The summed E-state index contributed by atoms with van der Waals surface area (Å²) in [5.41, 5.74) is 0.181. The summed E-state index contributed by atoms with van der Waals surface area (Å²) in [4.78, 5) is 3.76. The quantitative estimate of drug-likeness (QED) is 0.590. The molecule has 0 radical (unpaired) electrons. The third-order valence-electron chi connectivity index (χ3n) is 1.52. The molecule has 1 heterocycles. The van der Waals surface area contributed by atoms with Gasteiger partial charge in [-0.1, -0.05) is 0 Å². The largest absolute Gasteiger partial charge is 0.266 e. The fraction of sp³-hybridized carbons (Fsp3) is 0.250. The first-order valence-electron chi connectivity index (χ1n) is 3.41. The lowest BCUT2D eigenvalue weighted by atomic mass is 10.1. The zero-order valence-electron chi connectivity index (χ0n) is 6.68. The van der Waals surface area contributed by atoms with E-state index in [1.807, 2.05) is 22.6 Å². The Kier molecular flexibility index (Phi) is 3.14. The molecule has 0 saturated heterocycles. The summed E-state index contributed by atoms with van der Waals surface area (Å²) in [5, 5.41) is 8.53. The Labute approximate surface area is 87.7 Å². The number of rotatable bonds is 1. The molecule has 0 unspecified atom stereocenters. The van der Waals surface area contributed by atoms with Gasteiger partial charge in [0.15, 0.2) is 5.69 Å². The van der Waals surface area contributed by atoms with Gasteiger partial charge in [0, 0.05) is 0 Å². The fourth-order valence-electron chi connectivity index (χ4n) is 0.868. The maximum absolute atomic E-state index is 12.3. The molecule has 1 aromatic rings. The van der Waals surface area contributed by atoms with Crippen LogP contribution >= 0.6 is 22.6 Å². The maximum Gasteiger partial charge on any atom is 0.266 e. The van der Waals surface area contributed by atoms with Crippen molar-refractivity contribution in [1.82, 2.24) is 4.98 Å². The Morgan fingerprint density at radius 3 is 2.69 bits per heavy atom. The van der Waals surface area contributed by atoms with Crippen LogP contribution in [0.2, 0.25) is 0 Å². The summed E-state index contributed by atoms with van der Waals surface area (Å²) >= 11 is 1.91. The van der Waals surface area contributed by atoms with Crippen LogP contribution in [0.4, 0.5) is 8.78 Å². The van der Waals surface area contributed by atoms with Gasteiger partial charge < -0.3 is 0 Å². The molecular weight excluding hydrogens is 289 g/mol. The summed E-state index contributed by atoms with van der Waals surface area (Å²) in [5.74, 6) is 0. The van der Waals surface area contributed by atoms with Crippen molar-refractivity contribution >= 4 is 22.6 Å². The molecular formula is C8H5F2IN2. The van der Waals surface area contributed by atoms with E-state index in [0.717, 1.165) is 0 Å². The van der Waals surface area contributed by atoms with E-state index in [4.69, 9.17) is 5.26 Å². The first kappa shape index (κ1) is 10.3. The van der Waals surface area contributed by atoms with Crippen LogP contribution in [0.5, 0.6) is 0 Å². The highest BCUT2D eigenvalue weighted by Crippen LogP contribution is 2.24. The molecule has 0 fully saturated rings. The Bertz CT molecular complexity index is 371. The number of halogens is 3. The molecule has 0 atom stereocenters. The van der Waals surface area contributed by atoms with E-state index in [0.29, 0.717) is 9.26 Å². The lowest BCUT2D eigenvalue weighted by Gasteiger charge is -2.04. The van der Waals surface area contributed by atoms with Gasteiger partial charge in [-0.2, -0.15) is 5.26 Å². The van der Waals surface area contributed by atoms with Gasteiger partial charge in [-0.25, -0.2) is 13.8 Å². The minimum absolute atomic E-state index is 0.190.